The van der Waals surface area contributed by atoms with Gasteiger partial charge >= 0.3 is 6.01 Å². The topological polar surface area (TPSA) is 96.5 Å². The third kappa shape index (κ3) is 6.27. The van der Waals surface area contributed by atoms with Crippen molar-refractivity contribution in [2.75, 3.05) is 44.2 Å². The summed E-state index contributed by atoms with van der Waals surface area (Å²) in [4.78, 5) is 27.6. The highest BCUT2D eigenvalue weighted by molar-refractivity contribution is 6.07. The number of carbonyl (C=O) groups is 1. The van der Waals surface area contributed by atoms with Gasteiger partial charge in [0.1, 0.15) is 23.3 Å². The molecular formula is C40H49FN6O3. The van der Waals surface area contributed by atoms with Gasteiger partial charge in [-0.25, -0.2) is 4.39 Å². The van der Waals surface area contributed by atoms with Crippen molar-refractivity contribution in [1.82, 2.24) is 25.1 Å². The van der Waals surface area contributed by atoms with Crippen LogP contribution in [0, 0.1) is 24.1 Å². The molecule has 2 aromatic carbocycles. The molecule has 1 saturated carbocycles. The predicted molar refractivity (Wildman–Crippen MR) is 197 cm³/mol. The number of rotatable bonds is 10. The Morgan fingerprint density at radius 1 is 1.06 bits per heavy atom. The Morgan fingerprint density at radius 3 is 2.54 bits per heavy atom. The smallest absolute Gasteiger partial charge is 0.319 e. The number of fused-ring (bicyclic) bond motifs is 2. The molecule has 1 N–H and O–H groups in total. The summed E-state index contributed by atoms with van der Waals surface area (Å²) in [5, 5.41) is 8.82. The minimum atomic E-state index is -0.331. The van der Waals surface area contributed by atoms with Crippen LogP contribution in [0.5, 0.6) is 11.8 Å². The van der Waals surface area contributed by atoms with Crippen molar-refractivity contribution in [2.24, 2.45) is 11.3 Å². The van der Waals surface area contributed by atoms with E-state index in [1.165, 1.54) is 12.1 Å². The molecular weight excluding hydrogens is 631 g/mol. The first-order chi connectivity index (χ1) is 24.3. The van der Waals surface area contributed by atoms with E-state index in [-0.39, 0.29) is 29.0 Å². The lowest BCUT2D eigenvalue weighted by Gasteiger charge is -2.46. The van der Waals surface area contributed by atoms with Crippen LogP contribution in [-0.2, 0) is 4.79 Å². The summed E-state index contributed by atoms with van der Waals surface area (Å²) in [5.74, 6) is 1.28. The van der Waals surface area contributed by atoms with Crippen molar-refractivity contribution in [3.8, 4) is 22.9 Å². The van der Waals surface area contributed by atoms with E-state index in [4.69, 9.17) is 19.4 Å². The molecule has 9 nitrogen and oxygen atoms in total. The van der Waals surface area contributed by atoms with E-state index < -0.39 is 0 Å². The standard InChI is InChI=1S/C40H49FN6O3/c1-6-26-21-29-36(37(49-9-4)35(26)34-25(5)31(41)22-32-30(34)24-42-45-32)43-39(50-28-12-17-46(8-3)18-13-28)44-38(29)47-19-15-40(16-20-47)14-10-11-27(23-40)33(48)7-2/h6-7,21-22,24,27-28H,1-2,8-20,23H2,3-5H3,(H,42,45). The average molecular weight is 681 g/mol. The molecule has 4 aromatic rings. The second-order valence-corrected chi connectivity index (χ2v) is 14.4. The third-order valence-corrected chi connectivity index (χ3v) is 11.6. The molecule has 1 atom stereocenters. The van der Waals surface area contributed by atoms with Gasteiger partial charge < -0.3 is 19.3 Å². The Morgan fingerprint density at radius 2 is 1.84 bits per heavy atom. The number of benzene rings is 2. The fourth-order valence-corrected chi connectivity index (χ4v) is 8.70. The van der Waals surface area contributed by atoms with Crippen molar-refractivity contribution in [1.29, 1.82) is 0 Å². The maximum absolute atomic E-state index is 15.5. The molecule has 3 fully saturated rings. The van der Waals surface area contributed by atoms with Gasteiger partial charge in [-0.3, -0.25) is 9.89 Å². The zero-order chi connectivity index (χ0) is 35.0. The van der Waals surface area contributed by atoms with Crippen LogP contribution in [0.25, 0.3) is 39.0 Å². The quantitative estimate of drug-likeness (QED) is 0.168. The van der Waals surface area contributed by atoms with Gasteiger partial charge in [0.15, 0.2) is 11.5 Å². The van der Waals surface area contributed by atoms with E-state index in [1.807, 2.05) is 6.92 Å². The zero-order valence-corrected chi connectivity index (χ0v) is 29.7. The van der Waals surface area contributed by atoms with Gasteiger partial charge in [-0.1, -0.05) is 32.6 Å². The number of H-pyrrole nitrogens is 1. The van der Waals surface area contributed by atoms with Crippen LogP contribution >= 0.6 is 0 Å². The maximum Gasteiger partial charge on any atom is 0.319 e. The van der Waals surface area contributed by atoms with Gasteiger partial charge in [0.05, 0.1) is 18.3 Å². The Balaban J connectivity index is 1.36. The number of aromatic nitrogens is 4. The van der Waals surface area contributed by atoms with E-state index in [9.17, 15) is 4.79 Å². The fourth-order valence-electron chi connectivity index (χ4n) is 8.70. The van der Waals surface area contributed by atoms with Crippen LogP contribution in [0.3, 0.4) is 0 Å². The van der Waals surface area contributed by atoms with E-state index >= 15 is 4.39 Å². The normalized spacial score (nSPS) is 20.0. The second-order valence-electron chi connectivity index (χ2n) is 14.4. The fraction of sp³-hybridized carbons (Fsp3) is 0.500. The monoisotopic (exact) mass is 680 g/mol. The number of ether oxygens (including phenoxy) is 2. The lowest BCUT2D eigenvalue weighted by atomic mass is 9.64. The summed E-state index contributed by atoms with van der Waals surface area (Å²) in [7, 11) is 0. The summed E-state index contributed by atoms with van der Waals surface area (Å²) < 4.78 is 28.6. The number of hydrogen-bond donors (Lipinski definition) is 1. The van der Waals surface area contributed by atoms with Gasteiger partial charge in [-0.15, -0.1) is 0 Å². The minimum Gasteiger partial charge on any atom is -0.491 e. The molecule has 1 unspecified atom stereocenters. The van der Waals surface area contributed by atoms with Crippen LogP contribution in [0.2, 0.25) is 0 Å². The lowest BCUT2D eigenvalue weighted by Crippen LogP contribution is -2.43. The number of halogens is 1. The molecule has 0 amide bonds. The number of carbonyl (C=O) groups excluding carboxylic acids is 1. The summed E-state index contributed by atoms with van der Waals surface area (Å²) in [6, 6.07) is 3.88. The molecule has 2 saturated heterocycles. The summed E-state index contributed by atoms with van der Waals surface area (Å²) >= 11 is 0. The molecule has 264 valence electrons. The van der Waals surface area contributed by atoms with Crippen LogP contribution in [-0.4, -0.2) is 76.3 Å². The van der Waals surface area contributed by atoms with Crippen LogP contribution in [0.1, 0.15) is 76.3 Å². The number of aromatic amines is 1. The number of allylic oxidation sites excluding steroid dienone is 1. The lowest BCUT2D eigenvalue weighted by molar-refractivity contribution is -0.120. The van der Waals surface area contributed by atoms with E-state index in [0.29, 0.717) is 40.5 Å². The van der Waals surface area contributed by atoms with Gasteiger partial charge in [0.2, 0.25) is 0 Å². The molecule has 50 heavy (non-hydrogen) atoms. The second kappa shape index (κ2) is 14.1. The highest BCUT2D eigenvalue weighted by atomic mass is 19.1. The van der Waals surface area contributed by atoms with E-state index in [0.717, 1.165) is 112 Å². The average Bonchev–Trinajstić information content (AvgIpc) is 3.60. The number of anilines is 1. The first-order valence-corrected chi connectivity index (χ1v) is 18.3. The zero-order valence-electron chi connectivity index (χ0n) is 29.7. The molecule has 0 bridgehead atoms. The van der Waals surface area contributed by atoms with Crippen molar-refractivity contribution >= 4 is 39.5 Å². The molecule has 3 aliphatic rings. The molecule has 1 spiro atoms. The summed E-state index contributed by atoms with van der Waals surface area (Å²) in [6.07, 6.45) is 12.9. The van der Waals surface area contributed by atoms with Crippen LogP contribution < -0.4 is 14.4 Å². The van der Waals surface area contributed by atoms with Crippen molar-refractivity contribution in [3.05, 3.63) is 54.5 Å². The molecule has 0 radical (unpaired) electrons. The van der Waals surface area contributed by atoms with Crippen molar-refractivity contribution in [2.45, 2.75) is 78.2 Å². The predicted octanol–water partition coefficient (Wildman–Crippen LogP) is 8.06. The van der Waals surface area contributed by atoms with Gasteiger partial charge in [0.25, 0.3) is 0 Å². The summed E-state index contributed by atoms with van der Waals surface area (Å²) in [5.41, 5.74) is 4.11. The highest BCUT2D eigenvalue weighted by Gasteiger charge is 2.41. The molecule has 7 rings (SSSR count). The van der Waals surface area contributed by atoms with Crippen molar-refractivity contribution < 1.29 is 18.7 Å². The van der Waals surface area contributed by atoms with Crippen molar-refractivity contribution in [3.63, 3.8) is 0 Å². The summed E-state index contributed by atoms with van der Waals surface area (Å²) in [6.45, 7) is 18.8. The molecule has 1 aliphatic carbocycles. The number of nitrogens with one attached hydrogen (secondary N) is 1. The first-order valence-electron chi connectivity index (χ1n) is 18.3. The maximum atomic E-state index is 15.5. The number of piperidine rings is 2. The Labute approximate surface area is 293 Å². The number of likely N-dealkylation sites (tertiary alicyclic amines) is 1. The SMILES string of the molecule is C=CC(=O)C1CCCC2(CCN(c3nc(OC4CCN(CC)CC4)nc4c(OCC)c(-c5c(C)c(F)cc6[nH]ncc56)c(C=C)cc34)CC2)C1. The molecule has 2 aliphatic heterocycles. The van der Waals surface area contributed by atoms with Crippen LogP contribution in [0.15, 0.2) is 37.6 Å². The number of ketones is 1. The molecule has 4 heterocycles. The third-order valence-electron chi connectivity index (χ3n) is 11.6. The molecule has 10 heteroatoms. The number of hydrogen-bond acceptors (Lipinski definition) is 8. The minimum absolute atomic E-state index is 0.00720. The van der Waals surface area contributed by atoms with Gasteiger partial charge in [-0.2, -0.15) is 15.1 Å². The first kappa shape index (κ1) is 34.2. The highest BCUT2D eigenvalue weighted by Crippen LogP contribution is 2.50. The van der Waals surface area contributed by atoms with E-state index in [2.05, 4.69) is 46.1 Å². The largest absolute Gasteiger partial charge is 0.491 e. The van der Waals surface area contributed by atoms with Crippen LogP contribution in [0.4, 0.5) is 10.2 Å². The van der Waals surface area contributed by atoms with Gasteiger partial charge in [-0.05, 0) is 100 Å². The van der Waals surface area contributed by atoms with E-state index in [1.54, 1.807) is 19.2 Å². The number of nitrogens with zero attached hydrogens (tertiary/aromatic N) is 5. The Kier molecular flexibility index (Phi) is 9.65. The van der Waals surface area contributed by atoms with Gasteiger partial charge in [0, 0.05) is 54.0 Å². The Bertz CT molecular complexity index is 1920. The molecule has 2 aromatic heterocycles. The Hall–Kier alpha value is -4.31.